The fraction of sp³-hybridized carbons (Fsp3) is 1.00. The summed E-state index contributed by atoms with van der Waals surface area (Å²) >= 11 is 0. The van der Waals surface area contributed by atoms with E-state index in [9.17, 15) is 0 Å². The molecule has 1 aliphatic heterocycles. The fourth-order valence-electron chi connectivity index (χ4n) is 3.20. The number of ether oxygens (including phenoxy) is 1. The largest absolute Gasteiger partial charge is 0.368 e. The third kappa shape index (κ3) is 3.46. The summed E-state index contributed by atoms with van der Waals surface area (Å²) in [6, 6.07) is 0.105. The van der Waals surface area contributed by atoms with Crippen LogP contribution in [-0.4, -0.2) is 41.8 Å². The molecule has 1 fully saturated rings. The first-order chi connectivity index (χ1) is 8.10. The number of nitrogens with two attached hydrogens (primary N) is 1. The Bertz CT molecular complexity index is 274. The van der Waals surface area contributed by atoms with Crippen LogP contribution in [0.4, 0.5) is 0 Å². The van der Waals surface area contributed by atoms with Crippen LogP contribution in [0.3, 0.4) is 0 Å². The average molecular weight is 256 g/mol. The van der Waals surface area contributed by atoms with Gasteiger partial charge in [-0.05, 0) is 40.2 Å². The van der Waals surface area contributed by atoms with Gasteiger partial charge >= 0.3 is 0 Å². The maximum absolute atomic E-state index is 6.41. The lowest BCUT2D eigenvalue weighted by molar-refractivity contribution is -0.0785. The van der Waals surface area contributed by atoms with Crippen molar-refractivity contribution in [3.63, 3.8) is 0 Å². The van der Waals surface area contributed by atoms with Gasteiger partial charge in [-0.25, -0.2) is 0 Å². The molecule has 0 amide bonds. The van der Waals surface area contributed by atoms with Crippen LogP contribution in [0.5, 0.6) is 0 Å². The number of nitrogens with zero attached hydrogens (tertiary/aromatic N) is 1. The number of rotatable bonds is 5. The molecule has 1 aliphatic rings. The minimum atomic E-state index is -0.217. The van der Waals surface area contributed by atoms with Crippen LogP contribution in [0, 0.1) is 11.8 Å². The van der Waals surface area contributed by atoms with E-state index >= 15 is 0 Å². The Hall–Kier alpha value is -0.120. The highest BCUT2D eigenvalue weighted by Crippen LogP contribution is 2.41. The van der Waals surface area contributed by atoms with Crippen LogP contribution >= 0.6 is 0 Å². The van der Waals surface area contributed by atoms with E-state index in [0.717, 1.165) is 19.6 Å². The van der Waals surface area contributed by atoms with Crippen LogP contribution in [0.25, 0.3) is 0 Å². The molecule has 0 aliphatic carbocycles. The van der Waals surface area contributed by atoms with Gasteiger partial charge < -0.3 is 15.4 Å². The van der Waals surface area contributed by atoms with E-state index < -0.39 is 0 Å². The molecule has 18 heavy (non-hydrogen) atoms. The van der Waals surface area contributed by atoms with Crippen molar-refractivity contribution in [3.8, 4) is 0 Å². The lowest BCUT2D eigenvalue weighted by Crippen LogP contribution is -2.48. The minimum Gasteiger partial charge on any atom is -0.368 e. The summed E-state index contributed by atoms with van der Waals surface area (Å²) in [6.07, 6.45) is 0. The van der Waals surface area contributed by atoms with Gasteiger partial charge in [0.15, 0.2) is 0 Å². The zero-order valence-electron chi connectivity index (χ0n) is 13.3. The van der Waals surface area contributed by atoms with E-state index in [0.29, 0.717) is 11.8 Å². The van der Waals surface area contributed by atoms with Crippen LogP contribution in [0.15, 0.2) is 0 Å². The summed E-state index contributed by atoms with van der Waals surface area (Å²) in [5.41, 5.74) is 6.07. The summed E-state index contributed by atoms with van der Waals surface area (Å²) in [5, 5.41) is 0. The molecule has 0 saturated carbocycles. The van der Waals surface area contributed by atoms with Crippen molar-refractivity contribution < 1.29 is 4.74 Å². The van der Waals surface area contributed by atoms with Gasteiger partial charge in [-0.2, -0.15) is 0 Å². The second-order valence-electron chi connectivity index (χ2n) is 7.19. The second kappa shape index (κ2) is 5.48. The van der Waals surface area contributed by atoms with Gasteiger partial charge in [-0.15, -0.1) is 0 Å². The predicted octanol–water partition coefficient (Wildman–Crippen LogP) is 2.50. The zero-order valence-corrected chi connectivity index (χ0v) is 13.3. The number of hydrogen-bond donors (Lipinski definition) is 1. The molecular formula is C15H32N2O. The lowest BCUT2D eigenvalue weighted by atomic mass is 9.82. The average Bonchev–Trinajstić information content (AvgIpc) is 2.34. The quantitative estimate of drug-likeness (QED) is 0.821. The number of hydrogen-bond acceptors (Lipinski definition) is 3. The summed E-state index contributed by atoms with van der Waals surface area (Å²) in [4.78, 5) is 2.50. The topological polar surface area (TPSA) is 38.5 Å². The minimum absolute atomic E-state index is 0.105. The predicted molar refractivity (Wildman–Crippen MR) is 77.7 cm³/mol. The molecule has 2 atom stereocenters. The van der Waals surface area contributed by atoms with Crippen molar-refractivity contribution in [2.24, 2.45) is 17.6 Å². The highest BCUT2D eigenvalue weighted by Gasteiger charge is 2.52. The Kier molecular flexibility index (Phi) is 4.85. The van der Waals surface area contributed by atoms with Crippen LogP contribution in [0.2, 0.25) is 0 Å². The fourth-order valence-corrected chi connectivity index (χ4v) is 3.20. The van der Waals surface area contributed by atoms with Crippen LogP contribution < -0.4 is 5.73 Å². The molecule has 1 saturated heterocycles. The first-order valence-electron chi connectivity index (χ1n) is 7.28. The molecule has 2 unspecified atom stereocenters. The normalized spacial score (nSPS) is 30.3. The first kappa shape index (κ1) is 15.9. The Balaban J connectivity index is 2.75. The molecule has 108 valence electrons. The highest BCUT2D eigenvalue weighted by atomic mass is 16.5. The van der Waals surface area contributed by atoms with Crippen LogP contribution in [-0.2, 0) is 4.74 Å². The Morgan fingerprint density at radius 2 is 1.72 bits per heavy atom. The van der Waals surface area contributed by atoms with Gasteiger partial charge in [0.1, 0.15) is 0 Å². The zero-order chi connectivity index (χ0) is 14.1. The molecule has 0 radical (unpaired) electrons. The second-order valence-corrected chi connectivity index (χ2v) is 7.19. The van der Waals surface area contributed by atoms with Gasteiger partial charge in [-0.1, -0.05) is 20.8 Å². The standard InChI is InChI=1S/C15H32N2O/c1-8-17(9-11(2)3)10-12-13(16)15(6,7)18-14(12,4)5/h11-13H,8-10,16H2,1-7H3. The smallest absolute Gasteiger partial charge is 0.0788 e. The lowest BCUT2D eigenvalue weighted by Gasteiger charge is -2.33. The molecule has 0 aromatic rings. The third-order valence-corrected chi connectivity index (χ3v) is 4.18. The van der Waals surface area contributed by atoms with Crippen molar-refractivity contribution in [1.82, 2.24) is 4.90 Å². The molecule has 0 spiro atoms. The Labute approximate surface area is 113 Å². The molecule has 2 N–H and O–H groups in total. The van der Waals surface area contributed by atoms with Gasteiger partial charge in [0.05, 0.1) is 11.2 Å². The van der Waals surface area contributed by atoms with Gasteiger partial charge in [0.2, 0.25) is 0 Å². The van der Waals surface area contributed by atoms with E-state index in [-0.39, 0.29) is 17.2 Å². The Morgan fingerprint density at radius 1 is 1.17 bits per heavy atom. The van der Waals surface area contributed by atoms with E-state index in [1.54, 1.807) is 0 Å². The monoisotopic (exact) mass is 256 g/mol. The molecule has 1 heterocycles. The summed E-state index contributed by atoms with van der Waals surface area (Å²) in [5.74, 6) is 1.09. The van der Waals surface area contributed by atoms with Crippen LogP contribution in [0.1, 0.15) is 48.5 Å². The third-order valence-electron chi connectivity index (χ3n) is 4.18. The van der Waals surface area contributed by atoms with Gasteiger partial charge in [0.25, 0.3) is 0 Å². The van der Waals surface area contributed by atoms with Crippen molar-refractivity contribution in [1.29, 1.82) is 0 Å². The van der Waals surface area contributed by atoms with Gasteiger partial charge in [0, 0.05) is 25.0 Å². The molecule has 0 aromatic heterocycles. The molecular weight excluding hydrogens is 224 g/mol. The maximum atomic E-state index is 6.41. The molecule has 0 bridgehead atoms. The summed E-state index contributed by atoms with van der Waals surface area (Å²) in [7, 11) is 0. The van der Waals surface area contributed by atoms with Crippen molar-refractivity contribution >= 4 is 0 Å². The summed E-state index contributed by atoms with van der Waals surface area (Å²) in [6.45, 7) is 18.6. The maximum Gasteiger partial charge on any atom is 0.0788 e. The first-order valence-corrected chi connectivity index (χ1v) is 7.28. The molecule has 0 aromatic carbocycles. The molecule has 3 nitrogen and oxygen atoms in total. The van der Waals surface area contributed by atoms with E-state index in [1.807, 2.05) is 0 Å². The summed E-state index contributed by atoms with van der Waals surface area (Å²) < 4.78 is 6.16. The highest BCUT2D eigenvalue weighted by molar-refractivity contribution is 5.04. The van der Waals surface area contributed by atoms with E-state index in [2.05, 4.69) is 53.4 Å². The Morgan fingerprint density at radius 3 is 2.06 bits per heavy atom. The van der Waals surface area contributed by atoms with Gasteiger partial charge in [-0.3, -0.25) is 0 Å². The van der Waals surface area contributed by atoms with Crippen molar-refractivity contribution in [2.45, 2.75) is 65.7 Å². The molecule has 3 heteroatoms. The SMILES string of the molecule is CCN(CC(C)C)CC1C(N)C(C)(C)OC1(C)C. The molecule has 1 rings (SSSR count). The van der Waals surface area contributed by atoms with E-state index in [4.69, 9.17) is 10.5 Å². The van der Waals surface area contributed by atoms with E-state index in [1.165, 1.54) is 0 Å². The van der Waals surface area contributed by atoms with Crippen molar-refractivity contribution in [2.75, 3.05) is 19.6 Å². The van der Waals surface area contributed by atoms with Crippen molar-refractivity contribution in [3.05, 3.63) is 0 Å².